The van der Waals surface area contributed by atoms with Crippen molar-refractivity contribution >= 4 is 21.6 Å². The lowest BCUT2D eigenvalue weighted by Gasteiger charge is -2.27. The van der Waals surface area contributed by atoms with Crippen LogP contribution >= 0.6 is 0 Å². The van der Waals surface area contributed by atoms with Crippen LogP contribution in [0.5, 0.6) is 11.5 Å². The van der Waals surface area contributed by atoms with E-state index in [1.165, 1.54) is 50.3 Å². The SMILES string of the molecule is CCC(NC(=O)CN(c1ccc(OC)c(OC)c1)S(=O)(=O)c1ccccc1)c1ccc2c(c1)CCCC2. The van der Waals surface area contributed by atoms with Crippen LogP contribution in [0.1, 0.15) is 48.9 Å². The van der Waals surface area contributed by atoms with Gasteiger partial charge in [-0.3, -0.25) is 9.10 Å². The van der Waals surface area contributed by atoms with E-state index in [0.29, 0.717) is 23.6 Å². The minimum Gasteiger partial charge on any atom is -0.493 e. The predicted molar refractivity (Wildman–Crippen MR) is 145 cm³/mol. The second-order valence-corrected chi connectivity index (χ2v) is 11.0. The molecule has 1 aliphatic rings. The molecule has 1 N–H and O–H groups in total. The van der Waals surface area contributed by atoms with Gasteiger partial charge in [0.05, 0.1) is 30.8 Å². The number of nitrogens with zero attached hydrogens (tertiary/aromatic N) is 1. The highest BCUT2D eigenvalue weighted by molar-refractivity contribution is 7.92. The highest BCUT2D eigenvalue weighted by Crippen LogP contribution is 2.34. The predicted octanol–water partition coefficient (Wildman–Crippen LogP) is 5.05. The van der Waals surface area contributed by atoms with E-state index in [4.69, 9.17) is 9.47 Å². The summed E-state index contributed by atoms with van der Waals surface area (Å²) in [6.45, 7) is 1.63. The van der Waals surface area contributed by atoms with Crippen molar-refractivity contribution in [2.45, 2.75) is 50.0 Å². The van der Waals surface area contributed by atoms with Crippen molar-refractivity contribution in [3.8, 4) is 11.5 Å². The molecule has 8 heteroatoms. The lowest BCUT2D eigenvalue weighted by Crippen LogP contribution is -2.42. The van der Waals surface area contributed by atoms with E-state index >= 15 is 0 Å². The maximum absolute atomic E-state index is 13.7. The van der Waals surface area contributed by atoms with Crippen molar-refractivity contribution in [1.82, 2.24) is 5.32 Å². The number of methoxy groups -OCH3 is 2. The molecule has 1 atom stereocenters. The van der Waals surface area contributed by atoms with Gasteiger partial charge in [0.2, 0.25) is 5.91 Å². The average molecular weight is 523 g/mol. The maximum Gasteiger partial charge on any atom is 0.264 e. The smallest absolute Gasteiger partial charge is 0.264 e. The molecule has 0 saturated heterocycles. The van der Waals surface area contributed by atoms with Crippen molar-refractivity contribution < 1.29 is 22.7 Å². The zero-order valence-corrected chi connectivity index (χ0v) is 22.4. The molecule has 3 aromatic rings. The summed E-state index contributed by atoms with van der Waals surface area (Å²) in [5.41, 5.74) is 4.07. The van der Waals surface area contributed by atoms with Crippen LogP contribution in [-0.4, -0.2) is 35.1 Å². The van der Waals surface area contributed by atoms with Gasteiger partial charge in [-0.05, 0) is 73.1 Å². The number of aryl methyl sites for hydroxylation is 2. The lowest BCUT2D eigenvalue weighted by atomic mass is 9.89. The third-order valence-corrected chi connectivity index (χ3v) is 8.58. The van der Waals surface area contributed by atoms with Crippen LogP contribution in [0.4, 0.5) is 5.69 Å². The van der Waals surface area contributed by atoms with Crippen molar-refractivity contribution in [3.63, 3.8) is 0 Å². The molecule has 0 spiro atoms. The first-order valence-electron chi connectivity index (χ1n) is 12.6. The summed E-state index contributed by atoms with van der Waals surface area (Å²) in [4.78, 5) is 13.4. The first kappa shape index (κ1) is 26.5. The molecule has 0 aromatic heterocycles. The summed E-state index contributed by atoms with van der Waals surface area (Å²) in [6, 6.07) is 19.1. The largest absolute Gasteiger partial charge is 0.493 e. The van der Waals surface area contributed by atoms with Crippen LogP contribution in [0.25, 0.3) is 0 Å². The molecular formula is C29H34N2O5S. The van der Waals surface area contributed by atoms with Gasteiger partial charge in [0.1, 0.15) is 6.54 Å². The average Bonchev–Trinajstić information content (AvgIpc) is 2.94. The van der Waals surface area contributed by atoms with Gasteiger partial charge in [0.15, 0.2) is 11.5 Å². The zero-order chi connectivity index (χ0) is 26.4. The van der Waals surface area contributed by atoms with Crippen molar-refractivity contribution in [2.24, 2.45) is 0 Å². The standard InChI is InChI=1S/C29H34N2O5S/c1-4-26(23-15-14-21-10-8-9-11-22(21)18-23)30-29(32)20-31(37(33,34)25-12-6-5-7-13-25)24-16-17-27(35-2)28(19-24)36-3/h5-7,12-19,26H,4,8-11,20H2,1-3H3,(H,30,32). The number of carbonyl (C=O) groups is 1. The summed E-state index contributed by atoms with van der Waals surface area (Å²) < 4.78 is 39.2. The molecule has 0 heterocycles. The highest BCUT2D eigenvalue weighted by atomic mass is 32.2. The number of carbonyl (C=O) groups excluding carboxylic acids is 1. The fraction of sp³-hybridized carbons (Fsp3) is 0.345. The van der Waals surface area contributed by atoms with Crippen LogP contribution < -0.4 is 19.1 Å². The van der Waals surface area contributed by atoms with Crippen molar-refractivity contribution in [1.29, 1.82) is 0 Å². The molecule has 1 amide bonds. The van der Waals surface area contributed by atoms with Crippen LogP contribution in [0.15, 0.2) is 71.6 Å². The Morgan fingerprint density at radius 3 is 2.30 bits per heavy atom. The van der Waals surface area contributed by atoms with Gasteiger partial charge in [-0.1, -0.05) is 43.3 Å². The molecule has 0 bridgehead atoms. The van der Waals surface area contributed by atoms with E-state index in [1.807, 2.05) is 6.92 Å². The van der Waals surface area contributed by atoms with E-state index in [2.05, 4.69) is 23.5 Å². The van der Waals surface area contributed by atoms with Gasteiger partial charge < -0.3 is 14.8 Å². The first-order chi connectivity index (χ1) is 17.9. The van der Waals surface area contributed by atoms with Crippen LogP contribution in [0, 0.1) is 0 Å². The second-order valence-electron chi connectivity index (χ2n) is 9.13. The molecule has 3 aromatic carbocycles. The third kappa shape index (κ3) is 5.91. The number of amides is 1. The topological polar surface area (TPSA) is 84.9 Å². The second kappa shape index (κ2) is 11.7. The summed E-state index contributed by atoms with van der Waals surface area (Å²) in [5.74, 6) is 0.444. The quantitative estimate of drug-likeness (QED) is 0.403. The molecule has 0 aliphatic heterocycles. The third-order valence-electron chi connectivity index (χ3n) is 6.79. The van der Waals surface area contributed by atoms with E-state index < -0.39 is 10.0 Å². The molecular weight excluding hydrogens is 488 g/mol. The molecule has 0 saturated carbocycles. The van der Waals surface area contributed by atoms with Gasteiger partial charge >= 0.3 is 0 Å². The number of ether oxygens (including phenoxy) is 2. The van der Waals surface area contributed by atoms with Crippen LogP contribution in [-0.2, 0) is 27.7 Å². The van der Waals surface area contributed by atoms with Gasteiger partial charge in [0, 0.05) is 6.07 Å². The molecule has 4 rings (SSSR count). The zero-order valence-electron chi connectivity index (χ0n) is 21.6. The van der Waals surface area contributed by atoms with Crippen LogP contribution in [0.2, 0.25) is 0 Å². The fourth-order valence-electron chi connectivity index (χ4n) is 4.78. The van der Waals surface area contributed by atoms with E-state index in [1.54, 1.807) is 36.4 Å². The summed E-state index contributed by atoms with van der Waals surface area (Å²) in [5, 5.41) is 3.06. The number of rotatable bonds is 10. The molecule has 0 radical (unpaired) electrons. The number of hydrogen-bond acceptors (Lipinski definition) is 5. The summed E-state index contributed by atoms with van der Waals surface area (Å²) >= 11 is 0. The Kier molecular flexibility index (Phi) is 8.38. The fourth-order valence-corrected chi connectivity index (χ4v) is 6.21. The number of anilines is 1. The Bertz CT molecular complexity index is 1340. The van der Waals surface area contributed by atoms with Gasteiger partial charge in [0.25, 0.3) is 10.0 Å². The monoisotopic (exact) mass is 522 g/mol. The Morgan fingerprint density at radius 1 is 0.919 bits per heavy atom. The number of sulfonamides is 1. The molecule has 0 fully saturated rings. The first-order valence-corrected chi connectivity index (χ1v) is 14.0. The van der Waals surface area contributed by atoms with Crippen LogP contribution in [0.3, 0.4) is 0 Å². The Labute approximate surface area is 219 Å². The van der Waals surface area contributed by atoms with Gasteiger partial charge in [-0.2, -0.15) is 0 Å². The van der Waals surface area contributed by atoms with Crippen molar-refractivity contribution in [3.05, 3.63) is 83.4 Å². The molecule has 1 aliphatic carbocycles. The number of fused-ring (bicyclic) bond motifs is 1. The van der Waals surface area contributed by atoms with E-state index in [0.717, 1.165) is 22.7 Å². The number of nitrogens with one attached hydrogen (secondary N) is 1. The Morgan fingerprint density at radius 2 is 1.62 bits per heavy atom. The highest BCUT2D eigenvalue weighted by Gasteiger charge is 2.29. The molecule has 196 valence electrons. The minimum atomic E-state index is -4.04. The summed E-state index contributed by atoms with van der Waals surface area (Å²) in [6.07, 6.45) is 5.22. The Hall–Kier alpha value is -3.52. The van der Waals surface area contributed by atoms with Crippen molar-refractivity contribution in [2.75, 3.05) is 25.1 Å². The molecule has 7 nitrogen and oxygen atoms in total. The normalized spacial score (nSPS) is 13.8. The van der Waals surface area contributed by atoms with Gasteiger partial charge in [-0.15, -0.1) is 0 Å². The number of hydrogen-bond donors (Lipinski definition) is 1. The number of benzene rings is 3. The Balaban J connectivity index is 1.63. The maximum atomic E-state index is 13.7. The minimum absolute atomic E-state index is 0.0966. The molecule has 1 unspecified atom stereocenters. The van der Waals surface area contributed by atoms with E-state index in [-0.39, 0.29) is 23.4 Å². The lowest BCUT2D eigenvalue weighted by molar-refractivity contribution is -0.120. The van der Waals surface area contributed by atoms with E-state index in [9.17, 15) is 13.2 Å². The molecule has 37 heavy (non-hydrogen) atoms. The summed E-state index contributed by atoms with van der Waals surface area (Å²) in [7, 11) is -1.05. The van der Waals surface area contributed by atoms with Gasteiger partial charge in [-0.25, -0.2) is 8.42 Å².